The van der Waals surface area contributed by atoms with Gasteiger partial charge in [-0.25, -0.2) is 9.18 Å². The Morgan fingerprint density at radius 2 is 1.83 bits per heavy atom. The van der Waals surface area contributed by atoms with Gasteiger partial charge in [0.2, 0.25) is 5.91 Å². The summed E-state index contributed by atoms with van der Waals surface area (Å²) in [5, 5.41) is 7.27. The topological polar surface area (TPSA) is 84.5 Å². The van der Waals surface area contributed by atoms with Crippen LogP contribution < -0.4 is 10.6 Å². The Morgan fingerprint density at radius 3 is 2.50 bits per heavy atom. The lowest BCUT2D eigenvalue weighted by molar-refractivity contribution is -0.124. The number of esters is 1. The summed E-state index contributed by atoms with van der Waals surface area (Å²) in [6.07, 6.45) is 0. The molecule has 0 bridgehead atoms. The summed E-state index contributed by atoms with van der Waals surface area (Å²) in [7, 11) is 0. The molecule has 30 heavy (non-hydrogen) atoms. The van der Waals surface area contributed by atoms with Crippen LogP contribution in [0.2, 0.25) is 0 Å². The minimum absolute atomic E-state index is 0.211. The number of nitrogens with one attached hydrogen (secondary N) is 2. The Morgan fingerprint density at radius 1 is 1.07 bits per heavy atom. The maximum atomic E-state index is 13.3. The summed E-state index contributed by atoms with van der Waals surface area (Å²) >= 11 is 1.45. The minimum Gasteiger partial charge on any atom is -0.452 e. The molecule has 0 spiro atoms. The first-order chi connectivity index (χ1) is 14.4. The molecule has 2 amide bonds. The lowest BCUT2D eigenvalue weighted by Gasteiger charge is -2.18. The van der Waals surface area contributed by atoms with E-state index < -0.39 is 24.5 Å². The first-order valence-corrected chi connectivity index (χ1v) is 9.93. The molecule has 1 aromatic heterocycles. The van der Waals surface area contributed by atoms with Gasteiger partial charge >= 0.3 is 5.97 Å². The van der Waals surface area contributed by atoms with E-state index in [2.05, 4.69) is 10.6 Å². The van der Waals surface area contributed by atoms with Gasteiger partial charge in [-0.05, 0) is 47.3 Å². The average Bonchev–Trinajstić information content (AvgIpc) is 3.25. The van der Waals surface area contributed by atoms with Crippen molar-refractivity contribution in [1.29, 1.82) is 0 Å². The van der Waals surface area contributed by atoms with Crippen molar-refractivity contribution in [2.75, 3.05) is 11.9 Å². The summed E-state index contributed by atoms with van der Waals surface area (Å²) in [5.74, 6) is -1.82. The van der Waals surface area contributed by atoms with E-state index in [1.54, 1.807) is 24.3 Å². The van der Waals surface area contributed by atoms with Gasteiger partial charge in [0, 0.05) is 17.5 Å². The predicted molar refractivity (Wildman–Crippen MR) is 112 cm³/mol. The van der Waals surface area contributed by atoms with E-state index in [9.17, 15) is 18.8 Å². The monoisotopic (exact) mass is 426 g/mol. The second-order valence-electron chi connectivity index (χ2n) is 6.41. The smallest absolute Gasteiger partial charge is 0.338 e. The Balaban J connectivity index is 1.64. The van der Waals surface area contributed by atoms with Crippen molar-refractivity contribution in [1.82, 2.24) is 5.32 Å². The zero-order valence-corrected chi connectivity index (χ0v) is 16.9. The fourth-order valence-electron chi connectivity index (χ4n) is 2.77. The zero-order chi connectivity index (χ0) is 21.5. The second-order valence-corrected chi connectivity index (χ2v) is 7.38. The number of carbonyl (C=O) groups excluding carboxylic acids is 3. The van der Waals surface area contributed by atoms with Gasteiger partial charge in [0.05, 0.1) is 11.6 Å². The number of halogens is 1. The van der Waals surface area contributed by atoms with Crippen molar-refractivity contribution in [3.05, 3.63) is 87.9 Å². The first kappa shape index (κ1) is 21.2. The van der Waals surface area contributed by atoms with Crippen LogP contribution in [0.1, 0.15) is 33.8 Å². The van der Waals surface area contributed by atoms with Gasteiger partial charge in [0.1, 0.15) is 5.82 Å². The van der Waals surface area contributed by atoms with E-state index >= 15 is 0 Å². The van der Waals surface area contributed by atoms with E-state index in [4.69, 9.17) is 4.74 Å². The van der Waals surface area contributed by atoms with Crippen LogP contribution >= 0.6 is 11.3 Å². The number of hydrogen-bond donors (Lipinski definition) is 2. The molecule has 0 aliphatic heterocycles. The Labute approximate surface area is 176 Å². The number of benzene rings is 2. The summed E-state index contributed by atoms with van der Waals surface area (Å²) < 4.78 is 18.4. The molecule has 0 saturated heterocycles. The van der Waals surface area contributed by atoms with E-state index in [0.29, 0.717) is 11.3 Å². The second kappa shape index (κ2) is 9.80. The van der Waals surface area contributed by atoms with Gasteiger partial charge in [0.15, 0.2) is 6.61 Å². The molecule has 6 nitrogen and oxygen atoms in total. The maximum Gasteiger partial charge on any atom is 0.338 e. The third-order valence-corrected chi connectivity index (χ3v) is 5.03. The van der Waals surface area contributed by atoms with E-state index in [0.717, 1.165) is 4.88 Å². The third-order valence-electron chi connectivity index (χ3n) is 4.09. The number of amides is 2. The van der Waals surface area contributed by atoms with Crippen LogP contribution in [0.5, 0.6) is 0 Å². The Hall–Kier alpha value is -3.52. The molecule has 0 aliphatic carbocycles. The van der Waals surface area contributed by atoms with Crippen LogP contribution in [-0.4, -0.2) is 24.4 Å². The number of anilines is 1. The molecule has 8 heteroatoms. The average molecular weight is 426 g/mol. The zero-order valence-electron chi connectivity index (χ0n) is 16.1. The minimum atomic E-state index is -0.688. The number of ether oxygens (including phenoxy) is 1. The van der Waals surface area contributed by atoms with Crippen molar-refractivity contribution in [2.24, 2.45) is 0 Å². The molecule has 0 fully saturated rings. The van der Waals surface area contributed by atoms with Crippen LogP contribution in [0.15, 0.2) is 66.0 Å². The Bertz CT molecular complexity index is 1040. The molecular formula is C22H19FN2O4S. The molecule has 0 saturated carbocycles. The van der Waals surface area contributed by atoms with Crippen molar-refractivity contribution >= 4 is 34.8 Å². The fraction of sp³-hybridized carbons (Fsp3) is 0.136. The summed E-state index contributed by atoms with van der Waals surface area (Å²) in [5.41, 5.74) is 1.37. The molecule has 3 rings (SSSR count). The van der Waals surface area contributed by atoms with Crippen molar-refractivity contribution < 1.29 is 23.5 Å². The maximum absolute atomic E-state index is 13.3. The normalized spacial score (nSPS) is 11.4. The van der Waals surface area contributed by atoms with Crippen LogP contribution in [0.4, 0.5) is 10.1 Å². The molecule has 154 valence electrons. The fourth-order valence-corrected chi connectivity index (χ4v) is 3.58. The number of hydrogen-bond acceptors (Lipinski definition) is 5. The quantitative estimate of drug-likeness (QED) is 0.561. The number of rotatable bonds is 7. The van der Waals surface area contributed by atoms with Gasteiger partial charge in [0.25, 0.3) is 5.91 Å². The van der Waals surface area contributed by atoms with Crippen molar-refractivity contribution in [3.8, 4) is 0 Å². The van der Waals surface area contributed by atoms with Crippen LogP contribution in [0.25, 0.3) is 0 Å². The van der Waals surface area contributed by atoms with E-state index in [1.807, 2.05) is 17.5 Å². The van der Waals surface area contributed by atoms with E-state index in [-0.39, 0.29) is 17.3 Å². The van der Waals surface area contributed by atoms with Gasteiger partial charge in [-0.15, -0.1) is 11.3 Å². The van der Waals surface area contributed by atoms with E-state index in [1.165, 1.54) is 42.5 Å². The molecule has 0 aliphatic rings. The van der Waals surface area contributed by atoms with Gasteiger partial charge < -0.3 is 15.4 Å². The Kier molecular flexibility index (Phi) is 6.92. The van der Waals surface area contributed by atoms with Crippen LogP contribution in [0, 0.1) is 5.82 Å². The predicted octanol–water partition coefficient (Wildman–Crippen LogP) is 3.91. The summed E-state index contributed by atoms with van der Waals surface area (Å²) in [4.78, 5) is 36.7. The molecule has 3 aromatic rings. The highest BCUT2D eigenvalue weighted by molar-refractivity contribution is 7.10. The highest BCUT2D eigenvalue weighted by Crippen LogP contribution is 2.26. The lowest BCUT2D eigenvalue weighted by Crippen LogP contribution is -2.32. The lowest BCUT2D eigenvalue weighted by atomic mass is 10.1. The van der Waals surface area contributed by atoms with Crippen LogP contribution in [0.3, 0.4) is 0 Å². The molecule has 1 heterocycles. The molecule has 2 aromatic carbocycles. The van der Waals surface area contributed by atoms with Crippen molar-refractivity contribution in [3.63, 3.8) is 0 Å². The number of carbonyl (C=O) groups is 3. The van der Waals surface area contributed by atoms with Crippen molar-refractivity contribution in [2.45, 2.75) is 13.0 Å². The third kappa shape index (κ3) is 5.74. The molecule has 1 atom stereocenters. The van der Waals surface area contributed by atoms with Gasteiger partial charge in [-0.3, -0.25) is 9.59 Å². The van der Waals surface area contributed by atoms with Crippen LogP contribution in [-0.2, 0) is 14.3 Å². The molecule has 1 unspecified atom stereocenters. The first-order valence-electron chi connectivity index (χ1n) is 9.05. The highest BCUT2D eigenvalue weighted by atomic mass is 32.1. The van der Waals surface area contributed by atoms with Gasteiger partial charge in [-0.1, -0.05) is 24.3 Å². The largest absolute Gasteiger partial charge is 0.452 e. The molecule has 2 N–H and O–H groups in total. The molecule has 0 radical (unpaired) electrons. The molecular weight excluding hydrogens is 407 g/mol. The SMILES string of the molecule is CC(=O)Nc1cccc(C(=O)OCC(=O)NC(c2ccc(F)cc2)c2cccs2)c1. The summed E-state index contributed by atoms with van der Waals surface area (Å²) in [6.45, 7) is 0.882. The van der Waals surface area contributed by atoms with Gasteiger partial charge in [-0.2, -0.15) is 0 Å². The number of thiophene rings is 1. The standard InChI is InChI=1S/C22H19FN2O4S/c1-14(26)24-18-5-2-4-16(12-18)22(28)29-13-20(27)25-21(19-6-3-11-30-19)15-7-9-17(23)10-8-15/h2-12,21H,13H2,1H3,(H,24,26)(H,25,27). The highest BCUT2D eigenvalue weighted by Gasteiger charge is 2.19. The summed E-state index contributed by atoms with van der Waals surface area (Å²) in [6, 6.07) is 15.3.